The van der Waals surface area contributed by atoms with Gasteiger partial charge in [-0.25, -0.2) is 4.39 Å². The molecular formula is C17H26FN. The lowest BCUT2D eigenvalue weighted by molar-refractivity contribution is 0.180. The average molecular weight is 263 g/mol. The van der Waals surface area contributed by atoms with Gasteiger partial charge in [-0.3, -0.25) is 0 Å². The van der Waals surface area contributed by atoms with E-state index in [1.807, 2.05) is 13.1 Å². The van der Waals surface area contributed by atoms with E-state index in [0.717, 1.165) is 17.4 Å². The normalized spacial score (nSPS) is 29.2. The van der Waals surface area contributed by atoms with Crippen LogP contribution in [0.5, 0.6) is 0 Å². The molecule has 0 heterocycles. The number of hydrogen-bond donors (Lipinski definition) is 1. The lowest BCUT2D eigenvalue weighted by atomic mass is 9.72. The van der Waals surface area contributed by atoms with E-state index in [2.05, 4.69) is 26.1 Å². The summed E-state index contributed by atoms with van der Waals surface area (Å²) in [6, 6.07) is 5.43. The van der Waals surface area contributed by atoms with Gasteiger partial charge >= 0.3 is 0 Å². The molecule has 1 nitrogen and oxygen atoms in total. The highest BCUT2D eigenvalue weighted by molar-refractivity contribution is 5.30. The molecule has 1 aliphatic rings. The van der Waals surface area contributed by atoms with E-state index in [-0.39, 0.29) is 11.9 Å². The van der Waals surface area contributed by atoms with Gasteiger partial charge in [-0.2, -0.15) is 0 Å². The second-order valence-electron chi connectivity index (χ2n) is 6.44. The number of rotatable bonds is 3. The van der Waals surface area contributed by atoms with Crippen LogP contribution < -0.4 is 5.32 Å². The second-order valence-corrected chi connectivity index (χ2v) is 6.44. The summed E-state index contributed by atoms with van der Waals surface area (Å²) in [7, 11) is 2.00. The van der Waals surface area contributed by atoms with Crippen molar-refractivity contribution in [3.05, 3.63) is 35.1 Å². The van der Waals surface area contributed by atoms with Crippen molar-refractivity contribution in [3.63, 3.8) is 0 Å². The number of aryl methyl sites for hydroxylation is 1. The molecule has 2 rings (SSSR count). The fourth-order valence-corrected chi connectivity index (χ4v) is 3.87. The van der Waals surface area contributed by atoms with Crippen LogP contribution in [-0.4, -0.2) is 7.05 Å². The van der Waals surface area contributed by atoms with E-state index in [0.29, 0.717) is 5.92 Å². The quantitative estimate of drug-likeness (QED) is 0.848. The molecule has 0 aromatic heterocycles. The van der Waals surface area contributed by atoms with Crippen LogP contribution in [0.4, 0.5) is 4.39 Å². The van der Waals surface area contributed by atoms with Crippen LogP contribution in [0.25, 0.3) is 0 Å². The van der Waals surface area contributed by atoms with Gasteiger partial charge in [-0.1, -0.05) is 19.9 Å². The molecule has 3 atom stereocenters. The highest BCUT2D eigenvalue weighted by Crippen LogP contribution is 2.40. The van der Waals surface area contributed by atoms with Crippen molar-refractivity contribution in [3.8, 4) is 0 Å². The number of nitrogens with one attached hydrogen (secondary N) is 1. The molecule has 0 amide bonds. The molecule has 1 aliphatic carbocycles. The average Bonchev–Trinajstić information content (AvgIpc) is 2.33. The largest absolute Gasteiger partial charge is 0.313 e. The second kappa shape index (κ2) is 6.04. The first kappa shape index (κ1) is 14.5. The first-order valence-corrected chi connectivity index (χ1v) is 7.44. The van der Waals surface area contributed by atoms with Crippen molar-refractivity contribution in [2.24, 2.45) is 17.8 Å². The molecule has 19 heavy (non-hydrogen) atoms. The fourth-order valence-electron chi connectivity index (χ4n) is 3.87. The van der Waals surface area contributed by atoms with Crippen LogP contribution in [0.15, 0.2) is 18.2 Å². The van der Waals surface area contributed by atoms with Gasteiger partial charge in [0.1, 0.15) is 5.82 Å². The number of halogens is 1. The molecule has 2 heteroatoms. The Balaban J connectivity index is 2.26. The zero-order valence-electron chi connectivity index (χ0n) is 12.5. The topological polar surface area (TPSA) is 12.0 Å². The summed E-state index contributed by atoms with van der Waals surface area (Å²) in [5.74, 6) is 2.04. The van der Waals surface area contributed by atoms with Crippen LogP contribution in [-0.2, 0) is 0 Å². The summed E-state index contributed by atoms with van der Waals surface area (Å²) >= 11 is 0. The molecule has 3 unspecified atom stereocenters. The van der Waals surface area contributed by atoms with E-state index in [4.69, 9.17) is 0 Å². The van der Waals surface area contributed by atoms with Crippen LogP contribution >= 0.6 is 0 Å². The maximum absolute atomic E-state index is 13.5. The first-order valence-electron chi connectivity index (χ1n) is 7.44. The number of hydrogen-bond acceptors (Lipinski definition) is 1. The van der Waals surface area contributed by atoms with E-state index in [1.165, 1.54) is 24.8 Å². The molecule has 0 radical (unpaired) electrons. The minimum Gasteiger partial charge on any atom is -0.313 e. The maximum atomic E-state index is 13.5. The molecule has 0 spiro atoms. The van der Waals surface area contributed by atoms with Crippen LogP contribution in [0.1, 0.15) is 50.3 Å². The van der Waals surface area contributed by atoms with Crippen LogP contribution in [0, 0.1) is 30.5 Å². The Morgan fingerprint density at radius 3 is 2.37 bits per heavy atom. The Morgan fingerprint density at radius 2 is 1.79 bits per heavy atom. The molecule has 0 bridgehead atoms. The predicted molar refractivity (Wildman–Crippen MR) is 78.6 cm³/mol. The summed E-state index contributed by atoms with van der Waals surface area (Å²) in [5, 5.41) is 3.43. The molecule has 1 saturated carbocycles. The van der Waals surface area contributed by atoms with Gasteiger partial charge in [0.2, 0.25) is 0 Å². The Morgan fingerprint density at radius 1 is 1.16 bits per heavy atom. The van der Waals surface area contributed by atoms with E-state index in [1.54, 1.807) is 12.1 Å². The molecule has 106 valence electrons. The Kier molecular flexibility index (Phi) is 4.62. The van der Waals surface area contributed by atoms with Crippen molar-refractivity contribution >= 4 is 0 Å². The molecule has 1 aromatic rings. The van der Waals surface area contributed by atoms with Gasteiger partial charge in [-0.05, 0) is 74.2 Å². The lowest BCUT2D eigenvalue weighted by Crippen LogP contribution is -2.32. The highest BCUT2D eigenvalue weighted by Gasteiger charge is 2.30. The standard InChI is InChI=1S/C17H26FN/c1-11-7-12(2)9-14(8-11)17(19-4)16-10-15(18)6-5-13(16)3/h5-6,10-12,14,17,19H,7-9H2,1-4H3. The van der Waals surface area contributed by atoms with Gasteiger partial charge in [0, 0.05) is 6.04 Å². The summed E-state index contributed by atoms with van der Waals surface area (Å²) < 4.78 is 13.5. The van der Waals surface area contributed by atoms with Crippen molar-refractivity contribution < 1.29 is 4.39 Å². The smallest absolute Gasteiger partial charge is 0.123 e. The monoisotopic (exact) mass is 263 g/mol. The molecule has 1 aromatic carbocycles. The van der Waals surface area contributed by atoms with E-state index >= 15 is 0 Å². The summed E-state index contributed by atoms with van der Waals surface area (Å²) in [6.45, 7) is 6.76. The summed E-state index contributed by atoms with van der Waals surface area (Å²) in [6.07, 6.45) is 3.81. The minimum atomic E-state index is -0.127. The third-order valence-corrected chi connectivity index (χ3v) is 4.57. The van der Waals surface area contributed by atoms with Gasteiger partial charge in [0.05, 0.1) is 0 Å². The van der Waals surface area contributed by atoms with Crippen LogP contribution in [0.3, 0.4) is 0 Å². The predicted octanol–water partition coefficient (Wildman–Crippen LogP) is 4.47. The van der Waals surface area contributed by atoms with Crippen molar-refractivity contribution in [2.45, 2.75) is 46.1 Å². The molecule has 0 aliphatic heterocycles. The molecule has 0 saturated heterocycles. The summed E-state index contributed by atoms with van der Waals surface area (Å²) in [4.78, 5) is 0. The molecule has 1 N–H and O–H groups in total. The van der Waals surface area contributed by atoms with E-state index < -0.39 is 0 Å². The Bertz CT molecular complexity index is 419. The maximum Gasteiger partial charge on any atom is 0.123 e. The third kappa shape index (κ3) is 3.36. The third-order valence-electron chi connectivity index (χ3n) is 4.57. The van der Waals surface area contributed by atoms with Crippen LogP contribution in [0.2, 0.25) is 0 Å². The van der Waals surface area contributed by atoms with Gasteiger partial charge in [0.25, 0.3) is 0 Å². The first-order chi connectivity index (χ1) is 9.01. The minimum absolute atomic E-state index is 0.127. The zero-order valence-corrected chi connectivity index (χ0v) is 12.5. The Hall–Kier alpha value is -0.890. The van der Waals surface area contributed by atoms with E-state index in [9.17, 15) is 4.39 Å². The van der Waals surface area contributed by atoms with Gasteiger partial charge in [-0.15, -0.1) is 0 Å². The lowest BCUT2D eigenvalue weighted by Gasteiger charge is -2.37. The molecule has 1 fully saturated rings. The number of benzene rings is 1. The zero-order chi connectivity index (χ0) is 14.0. The van der Waals surface area contributed by atoms with Crippen molar-refractivity contribution in [2.75, 3.05) is 7.05 Å². The highest BCUT2D eigenvalue weighted by atomic mass is 19.1. The van der Waals surface area contributed by atoms with Crippen molar-refractivity contribution in [1.29, 1.82) is 0 Å². The fraction of sp³-hybridized carbons (Fsp3) is 0.647. The Labute approximate surface area is 116 Å². The van der Waals surface area contributed by atoms with Gasteiger partial charge < -0.3 is 5.32 Å². The van der Waals surface area contributed by atoms with Crippen molar-refractivity contribution in [1.82, 2.24) is 5.32 Å². The molecular weight excluding hydrogens is 237 g/mol. The van der Waals surface area contributed by atoms with Gasteiger partial charge in [0.15, 0.2) is 0 Å². The SMILES string of the molecule is CNC(c1cc(F)ccc1C)C1CC(C)CC(C)C1. The summed E-state index contributed by atoms with van der Waals surface area (Å²) in [5.41, 5.74) is 2.32.